The highest BCUT2D eigenvalue weighted by Crippen LogP contribution is 2.25. The molecule has 0 N–H and O–H groups in total. The molecule has 0 fully saturated rings. The molecule has 0 atom stereocenters. The van der Waals surface area contributed by atoms with Crippen LogP contribution in [0.25, 0.3) is 11.3 Å². The predicted molar refractivity (Wildman–Crippen MR) is 62.8 cm³/mol. The first kappa shape index (κ1) is 10.1. The number of rotatable bonds is 2. The molecule has 2 nitrogen and oxygen atoms in total. The zero-order valence-electron chi connectivity index (χ0n) is 7.85. The third-order valence-electron chi connectivity index (χ3n) is 2.04. The van der Waals surface area contributed by atoms with Crippen LogP contribution < -0.4 is 0 Å². The summed E-state index contributed by atoms with van der Waals surface area (Å²) in [4.78, 5) is 14.8. The Balaban J connectivity index is 2.54. The van der Waals surface area contributed by atoms with Crippen LogP contribution in [0.4, 0.5) is 0 Å². The second kappa shape index (κ2) is 4.36. The van der Waals surface area contributed by atoms with Crippen molar-refractivity contribution in [3.05, 3.63) is 52.6 Å². The van der Waals surface area contributed by atoms with Crippen LogP contribution in [0, 0.1) is 0 Å². The van der Waals surface area contributed by atoms with Gasteiger partial charge in [-0.1, -0.05) is 40.2 Å². The lowest BCUT2D eigenvalue weighted by Crippen LogP contribution is -1.89. The summed E-state index contributed by atoms with van der Waals surface area (Å²) in [5.41, 5.74) is 2.23. The van der Waals surface area contributed by atoms with E-state index in [-0.39, 0.29) is 0 Å². The molecule has 0 aliphatic carbocycles. The Morgan fingerprint density at radius 2 is 1.87 bits per heavy atom. The molecule has 74 valence electrons. The van der Waals surface area contributed by atoms with Crippen molar-refractivity contribution in [2.45, 2.75) is 0 Å². The SMILES string of the molecule is O=Cc1cccc(-c2ccccc2Br)n1. The van der Waals surface area contributed by atoms with E-state index in [1.54, 1.807) is 6.07 Å². The minimum atomic E-state index is 0.447. The van der Waals surface area contributed by atoms with Gasteiger partial charge >= 0.3 is 0 Å². The number of benzene rings is 1. The first-order valence-electron chi connectivity index (χ1n) is 4.48. The quantitative estimate of drug-likeness (QED) is 0.777. The maximum atomic E-state index is 10.6. The van der Waals surface area contributed by atoms with Gasteiger partial charge in [-0.15, -0.1) is 0 Å². The second-order valence-corrected chi connectivity index (χ2v) is 3.90. The number of hydrogen-bond donors (Lipinski definition) is 0. The molecule has 0 aliphatic rings. The Bertz CT molecular complexity index is 496. The summed E-state index contributed by atoms with van der Waals surface area (Å²) in [6, 6.07) is 13.2. The van der Waals surface area contributed by atoms with Crippen LogP contribution >= 0.6 is 15.9 Å². The molecule has 0 unspecified atom stereocenters. The van der Waals surface area contributed by atoms with Crippen LogP contribution in [-0.2, 0) is 0 Å². The fourth-order valence-electron chi connectivity index (χ4n) is 1.34. The molecule has 2 rings (SSSR count). The van der Waals surface area contributed by atoms with Crippen molar-refractivity contribution in [3.63, 3.8) is 0 Å². The van der Waals surface area contributed by atoms with Gasteiger partial charge in [-0.05, 0) is 18.2 Å². The van der Waals surface area contributed by atoms with E-state index in [4.69, 9.17) is 0 Å². The van der Waals surface area contributed by atoms with Crippen molar-refractivity contribution in [2.75, 3.05) is 0 Å². The molecule has 1 heterocycles. The molecule has 0 amide bonds. The summed E-state index contributed by atoms with van der Waals surface area (Å²) >= 11 is 3.45. The lowest BCUT2D eigenvalue weighted by Gasteiger charge is -2.03. The Kier molecular flexibility index (Phi) is 2.92. The minimum Gasteiger partial charge on any atom is -0.296 e. The average molecular weight is 262 g/mol. The average Bonchev–Trinajstić information content (AvgIpc) is 2.30. The lowest BCUT2D eigenvalue weighted by atomic mass is 10.1. The van der Waals surface area contributed by atoms with Crippen molar-refractivity contribution in [1.29, 1.82) is 0 Å². The van der Waals surface area contributed by atoms with Crippen molar-refractivity contribution in [1.82, 2.24) is 4.98 Å². The maximum absolute atomic E-state index is 10.6. The minimum absolute atomic E-state index is 0.447. The summed E-state index contributed by atoms with van der Waals surface area (Å²) in [6.45, 7) is 0. The van der Waals surface area contributed by atoms with Gasteiger partial charge < -0.3 is 0 Å². The number of pyridine rings is 1. The van der Waals surface area contributed by atoms with Gasteiger partial charge in [-0.25, -0.2) is 4.98 Å². The van der Waals surface area contributed by atoms with E-state index in [2.05, 4.69) is 20.9 Å². The van der Waals surface area contributed by atoms with E-state index < -0.39 is 0 Å². The van der Waals surface area contributed by atoms with Crippen LogP contribution in [-0.4, -0.2) is 11.3 Å². The number of nitrogens with zero attached hydrogens (tertiary/aromatic N) is 1. The molecule has 0 bridgehead atoms. The van der Waals surface area contributed by atoms with Gasteiger partial charge in [0.15, 0.2) is 6.29 Å². The van der Waals surface area contributed by atoms with Gasteiger partial charge in [-0.3, -0.25) is 4.79 Å². The standard InChI is InChI=1S/C12H8BrNO/c13-11-6-2-1-5-10(11)12-7-3-4-9(8-15)14-12/h1-8H. The van der Waals surface area contributed by atoms with E-state index in [1.807, 2.05) is 36.4 Å². The monoisotopic (exact) mass is 261 g/mol. The van der Waals surface area contributed by atoms with Crippen molar-refractivity contribution < 1.29 is 4.79 Å². The molecule has 0 saturated carbocycles. The summed E-state index contributed by atoms with van der Waals surface area (Å²) in [6.07, 6.45) is 0.750. The number of aldehydes is 1. The number of halogens is 1. The molecule has 0 aliphatic heterocycles. The van der Waals surface area contributed by atoms with Crippen LogP contribution in [0.5, 0.6) is 0 Å². The van der Waals surface area contributed by atoms with Crippen molar-refractivity contribution in [2.24, 2.45) is 0 Å². The normalized spacial score (nSPS) is 9.93. The summed E-state index contributed by atoms with van der Waals surface area (Å²) in [5, 5.41) is 0. The van der Waals surface area contributed by atoms with Crippen LogP contribution in [0.1, 0.15) is 10.5 Å². The largest absolute Gasteiger partial charge is 0.296 e. The van der Waals surface area contributed by atoms with Crippen LogP contribution in [0.3, 0.4) is 0 Å². The van der Waals surface area contributed by atoms with Gasteiger partial charge in [0.25, 0.3) is 0 Å². The maximum Gasteiger partial charge on any atom is 0.168 e. The lowest BCUT2D eigenvalue weighted by molar-refractivity contribution is 0.111. The first-order chi connectivity index (χ1) is 7.31. The molecule has 1 aromatic carbocycles. The number of aromatic nitrogens is 1. The highest BCUT2D eigenvalue weighted by Gasteiger charge is 2.03. The van der Waals surface area contributed by atoms with E-state index in [9.17, 15) is 4.79 Å². The zero-order valence-corrected chi connectivity index (χ0v) is 9.44. The van der Waals surface area contributed by atoms with E-state index in [0.717, 1.165) is 22.0 Å². The third kappa shape index (κ3) is 2.13. The van der Waals surface area contributed by atoms with Crippen molar-refractivity contribution in [3.8, 4) is 11.3 Å². The first-order valence-corrected chi connectivity index (χ1v) is 5.27. The van der Waals surface area contributed by atoms with Gasteiger partial charge in [0.05, 0.1) is 5.69 Å². The zero-order chi connectivity index (χ0) is 10.7. The molecular formula is C12H8BrNO. The topological polar surface area (TPSA) is 30.0 Å². The fourth-order valence-corrected chi connectivity index (χ4v) is 1.82. The molecule has 15 heavy (non-hydrogen) atoms. The Hall–Kier alpha value is -1.48. The summed E-state index contributed by atoms with van der Waals surface area (Å²) in [7, 11) is 0. The Morgan fingerprint density at radius 1 is 1.07 bits per heavy atom. The van der Waals surface area contributed by atoms with Crippen LogP contribution in [0.15, 0.2) is 46.9 Å². The van der Waals surface area contributed by atoms with Crippen molar-refractivity contribution >= 4 is 22.2 Å². The van der Waals surface area contributed by atoms with E-state index in [1.165, 1.54) is 0 Å². The molecule has 0 spiro atoms. The van der Waals surface area contributed by atoms with E-state index in [0.29, 0.717) is 5.69 Å². The van der Waals surface area contributed by atoms with Gasteiger partial charge in [0.1, 0.15) is 5.69 Å². The molecule has 0 saturated heterocycles. The second-order valence-electron chi connectivity index (χ2n) is 3.05. The van der Waals surface area contributed by atoms with E-state index >= 15 is 0 Å². The molecule has 0 radical (unpaired) electrons. The Labute approximate surface area is 96.1 Å². The molecule has 3 heteroatoms. The molecule has 2 aromatic rings. The number of hydrogen-bond acceptors (Lipinski definition) is 2. The highest BCUT2D eigenvalue weighted by molar-refractivity contribution is 9.10. The predicted octanol–water partition coefficient (Wildman–Crippen LogP) is 3.32. The third-order valence-corrected chi connectivity index (χ3v) is 2.73. The molecular weight excluding hydrogens is 254 g/mol. The Morgan fingerprint density at radius 3 is 2.60 bits per heavy atom. The highest BCUT2D eigenvalue weighted by atomic mass is 79.9. The molecule has 1 aromatic heterocycles. The number of carbonyl (C=O) groups excluding carboxylic acids is 1. The van der Waals surface area contributed by atoms with Gasteiger partial charge in [-0.2, -0.15) is 0 Å². The van der Waals surface area contributed by atoms with Gasteiger partial charge in [0, 0.05) is 10.0 Å². The summed E-state index contributed by atoms with van der Waals surface area (Å²) < 4.78 is 0.973. The summed E-state index contributed by atoms with van der Waals surface area (Å²) in [5.74, 6) is 0. The number of carbonyl (C=O) groups is 1. The van der Waals surface area contributed by atoms with Gasteiger partial charge in [0.2, 0.25) is 0 Å². The fraction of sp³-hybridized carbons (Fsp3) is 0. The van der Waals surface area contributed by atoms with Crippen LogP contribution in [0.2, 0.25) is 0 Å². The smallest absolute Gasteiger partial charge is 0.168 e.